The Hall–Kier alpha value is -3.08. The zero-order chi connectivity index (χ0) is 20.9. The number of rotatable bonds is 5. The Bertz CT molecular complexity index is 826. The van der Waals surface area contributed by atoms with E-state index in [0.29, 0.717) is 24.3 Å². The first kappa shape index (κ1) is 20.6. The van der Waals surface area contributed by atoms with Crippen molar-refractivity contribution < 1.29 is 23.9 Å². The normalized spacial score (nSPS) is 19.0. The topological polar surface area (TPSA) is 109 Å². The zero-order valence-electron chi connectivity index (χ0n) is 16.5. The number of esters is 1. The number of hydrogen-bond acceptors (Lipinski definition) is 6. The van der Waals surface area contributed by atoms with Gasteiger partial charge in [-0.2, -0.15) is 5.26 Å². The molecule has 1 N–H and O–H groups in total. The summed E-state index contributed by atoms with van der Waals surface area (Å²) >= 11 is 0. The number of nitrogens with zero attached hydrogens (tertiary/aromatic N) is 2. The first-order valence-electron chi connectivity index (χ1n) is 9.89. The Morgan fingerprint density at radius 2 is 2.03 bits per heavy atom. The van der Waals surface area contributed by atoms with E-state index in [9.17, 15) is 19.6 Å². The number of nitriles is 1. The van der Waals surface area contributed by atoms with Crippen LogP contribution in [-0.4, -0.2) is 42.6 Å². The van der Waals surface area contributed by atoms with Crippen molar-refractivity contribution in [1.29, 1.82) is 5.26 Å². The Labute approximate surface area is 169 Å². The van der Waals surface area contributed by atoms with Crippen LogP contribution >= 0.6 is 0 Å². The number of fused-ring (bicyclic) bond motifs is 1. The van der Waals surface area contributed by atoms with E-state index < -0.39 is 23.5 Å². The molecule has 1 heterocycles. The number of hydrogen-bond donors (Lipinski definition) is 1. The second kappa shape index (κ2) is 8.95. The first-order chi connectivity index (χ1) is 13.9. The van der Waals surface area contributed by atoms with Crippen LogP contribution in [-0.2, 0) is 19.1 Å². The molecule has 1 aliphatic carbocycles. The highest BCUT2D eigenvalue weighted by Gasteiger charge is 2.35. The molecular weight excluding hydrogens is 374 g/mol. The molecule has 0 spiro atoms. The van der Waals surface area contributed by atoms with E-state index in [-0.39, 0.29) is 25.5 Å². The predicted molar refractivity (Wildman–Crippen MR) is 104 cm³/mol. The molecule has 1 atom stereocenters. The van der Waals surface area contributed by atoms with Gasteiger partial charge in [-0.05, 0) is 31.9 Å². The molecule has 154 valence electrons. The third kappa shape index (κ3) is 4.86. The average Bonchev–Trinajstić information content (AvgIpc) is 2.87. The van der Waals surface area contributed by atoms with E-state index in [4.69, 9.17) is 9.47 Å². The van der Waals surface area contributed by atoms with Crippen molar-refractivity contribution >= 4 is 23.5 Å². The van der Waals surface area contributed by atoms with Gasteiger partial charge >= 0.3 is 5.97 Å². The summed E-state index contributed by atoms with van der Waals surface area (Å²) in [5.74, 6) is -0.945. The molecule has 1 saturated carbocycles. The van der Waals surface area contributed by atoms with Crippen LogP contribution in [0.25, 0.3) is 0 Å². The summed E-state index contributed by atoms with van der Waals surface area (Å²) in [6, 6.07) is 9.17. The molecule has 0 unspecified atom stereocenters. The summed E-state index contributed by atoms with van der Waals surface area (Å²) in [5.41, 5.74) is -0.401. The summed E-state index contributed by atoms with van der Waals surface area (Å²) in [6.07, 6.45) is 3.05. The summed E-state index contributed by atoms with van der Waals surface area (Å²) in [6.45, 7) is 1.37. The van der Waals surface area contributed by atoms with Crippen LogP contribution in [0, 0.1) is 11.3 Å². The molecule has 1 aliphatic heterocycles. The van der Waals surface area contributed by atoms with Gasteiger partial charge in [0.1, 0.15) is 17.8 Å². The molecule has 29 heavy (non-hydrogen) atoms. The van der Waals surface area contributed by atoms with Gasteiger partial charge in [0.2, 0.25) is 5.91 Å². The van der Waals surface area contributed by atoms with Gasteiger partial charge in [-0.3, -0.25) is 19.3 Å². The number of benzene rings is 1. The zero-order valence-corrected chi connectivity index (χ0v) is 16.5. The predicted octanol–water partition coefficient (Wildman–Crippen LogP) is 2.08. The Kier molecular flexibility index (Phi) is 6.37. The number of para-hydroxylation sites is 2. The van der Waals surface area contributed by atoms with Gasteiger partial charge in [0.05, 0.1) is 24.8 Å². The number of amides is 2. The van der Waals surface area contributed by atoms with E-state index in [1.807, 2.05) is 0 Å². The van der Waals surface area contributed by atoms with Gasteiger partial charge in [0.15, 0.2) is 6.10 Å². The largest absolute Gasteiger partial charge is 0.491 e. The van der Waals surface area contributed by atoms with Crippen LogP contribution in [0.1, 0.15) is 45.4 Å². The molecule has 1 aromatic rings. The second-order valence-electron chi connectivity index (χ2n) is 7.42. The summed E-state index contributed by atoms with van der Waals surface area (Å²) < 4.78 is 10.8. The highest BCUT2D eigenvalue weighted by molar-refractivity contribution is 5.99. The molecule has 8 heteroatoms. The summed E-state index contributed by atoms with van der Waals surface area (Å²) in [5, 5.41) is 12.2. The minimum atomic E-state index is -1.07. The van der Waals surface area contributed by atoms with Crippen LogP contribution in [0.4, 0.5) is 5.69 Å². The molecule has 0 radical (unpaired) electrons. The first-order valence-corrected chi connectivity index (χ1v) is 9.89. The average molecular weight is 399 g/mol. The van der Waals surface area contributed by atoms with Crippen LogP contribution in [0.5, 0.6) is 5.75 Å². The molecule has 0 saturated heterocycles. The molecule has 3 rings (SSSR count). The third-order valence-corrected chi connectivity index (χ3v) is 5.28. The SMILES string of the molecule is C[C@@H](OC(=O)CN1C(=O)CCOc2ccccc21)C(=O)NC1(C#N)CCCCC1. The van der Waals surface area contributed by atoms with E-state index in [1.54, 1.807) is 24.3 Å². The maximum Gasteiger partial charge on any atom is 0.326 e. The van der Waals surface area contributed by atoms with Crippen molar-refractivity contribution in [3.63, 3.8) is 0 Å². The maximum absolute atomic E-state index is 12.5. The van der Waals surface area contributed by atoms with Crippen LogP contribution in [0.15, 0.2) is 24.3 Å². The lowest BCUT2D eigenvalue weighted by Gasteiger charge is -2.32. The van der Waals surface area contributed by atoms with E-state index >= 15 is 0 Å². The highest BCUT2D eigenvalue weighted by atomic mass is 16.5. The highest BCUT2D eigenvalue weighted by Crippen LogP contribution is 2.31. The molecular formula is C21H25N3O5. The lowest BCUT2D eigenvalue weighted by Crippen LogP contribution is -2.52. The fourth-order valence-corrected chi connectivity index (χ4v) is 3.67. The van der Waals surface area contributed by atoms with Crippen molar-refractivity contribution in [1.82, 2.24) is 5.32 Å². The molecule has 2 aliphatic rings. The van der Waals surface area contributed by atoms with E-state index in [0.717, 1.165) is 19.3 Å². The van der Waals surface area contributed by atoms with Crippen LogP contribution in [0.3, 0.4) is 0 Å². The number of ether oxygens (including phenoxy) is 2. The maximum atomic E-state index is 12.5. The minimum absolute atomic E-state index is 0.142. The Morgan fingerprint density at radius 3 is 2.76 bits per heavy atom. The molecule has 0 bridgehead atoms. The number of carbonyl (C=O) groups excluding carboxylic acids is 3. The fraction of sp³-hybridized carbons (Fsp3) is 0.524. The molecule has 2 amide bonds. The van der Waals surface area contributed by atoms with Gasteiger partial charge in [0.25, 0.3) is 5.91 Å². The third-order valence-electron chi connectivity index (χ3n) is 5.28. The smallest absolute Gasteiger partial charge is 0.326 e. The van der Waals surface area contributed by atoms with Gasteiger partial charge in [-0.1, -0.05) is 31.4 Å². The van der Waals surface area contributed by atoms with Gasteiger partial charge in [0, 0.05) is 0 Å². The fourth-order valence-electron chi connectivity index (χ4n) is 3.67. The molecule has 0 aromatic heterocycles. The van der Waals surface area contributed by atoms with Gasteiger partial charge in [-0.15, -0.1) is 0 Å². The van der Waals surface area contributed by atoms with Crippen molar-refractivity contribution in [2.45, 2.75) is 57.1 Å². The lowest BCUT2D eigenvalue weighted by atomic mass is 9.83. The van der Waals surface area contributed by atoms with Crippen molar-refractivity contribution in [2.24, 2.45) is 0 Å². The van der Waals surface area contributed by atoms with Crippen molar-refractivity contribution in [3.05, 3.63) is 24.3 Å². The number of nitrogens with one attached hydrogen (secondary N) is 1. The molecule has 1 aromatic carbocycles. The van der Waals surface area contributed by atoms with E-state index in [2.05, 4.69) is 11.4 Å². The molecule has 8 nitrogen and oxygen atoms in total. The van der Waals surface area contributed by atoms with E-state index in [1.165, 1.54) is 11.8 Å². The van der Waals surface area contributed by atoms with Crippen LogP contribution in [0.2, 0.25) is 0 Å². The minimum Gasteiger partial charge on any atom is -0.491 e. The second-order valence-corrected chi connectivity index (χ2v) is 7.42. The van der Waals surface area contributed by atoms with Gasteiger partial charge < -0.3 is 14.8 Å². The van der Waals surface area contributed by atoms with Crippen molar-refractivity contribution in [3.8, 4) is 11.8 Å². The monoisotopic (exact) mass is 399 g/mol. The van der Waals surface area contributed by atoms with Crippen molar-refractivity contribution in [2.75, 3.05) is 18.1 Å². The Balaban J connectivity index is 1.62. The number of anilines is 1. The van der Waals surface area contributed by atoms with Crippen LogP contribution < -0.4 is 15.0 Å². The quantitative estimate of drug-likeness (QED) is 0.760. The summed E-state index contributed by atoms with van der Waals surface area (Å²) in [7, 11) is 0. The standard InChI is InChI=1S/C21H25N3O5/c1-15(20(27)23-21(14-22)10-5-2-6-11-21)29-19(26)13-24-16-7-3-4-8-17(16)28-12-9-18(24)25/h3-4,7-8,15H,2,5-6,9-13H2,1H3,(H,23,27)/t15-/m1/s1. The number of carbonyl (C=O) groups is 3. The lowest BCUT2D eigenvalue weighted by molar-refractivity contribution is -0.154. The molecule has 1 fully saturated rings. The Morgan fingerprint density at radius 1 is 1.31 bits per heavy atom. The van der Waals surface area contributed by atoms with Gasteiger partial charge in [-0.25, -0.2) is 0 Å². The summed E-state index contributed by atoms with van der Waals surface area (Å²) in [4.78, 5) is 38.6.